The molecule has 0 bridgehead atoms. The van der Waals surface area contributed by atoms with E-state index >= 15 is 0 Å². The van der Waals surface area contributed by atoms with Crippen LogP contribution >= 0.6 is 0 Å². The first-order chi connectivity index (χ1) is 25.1. The summed E-state index contributed by atoms with van der Waals surface area (Å²) in [7, 11) is 0. The van der Waals surface area contributed by atoms with Crippen LogP contribution in [-0.2, 0) is 18.3 Å². The summed E-state index contributed by atoms with van der Waals surface area (Å²) >= 11 is 0. The Labute approximate surface area is 316 Å². The Bertz CT molecular complexity index is 2270. The molecular formula is C48H56N4O. The highest BCUT2D eigenvalue weighted by molar-refractivity contribution is 6.09. The van der Waals surface area contributed by atoms with Gasteiger partial charge in [0.25, 0.3) is 0 Å². The fourth-order valence-corrected chi connectivity index (χ4v) is 7.67. The van der Waals surface area contributed by atoms with E-state index in [1.165, 1.54) is 38.8 Å². The number of anilines is 2. The van der Waals surface area contributed by atoms with Gasteiger partial charge in [-0.3, -0.25) is 4.57 Å². The van der Waals surface area contributed by atoms with E-state index in [0.717, 1.165) is 53.5 Å². The van der Waals surface area contributed by atoms with Gasteiger partial charge in [-0.25, -0.2) is 4.98 Å². The fraction of sp³-hybridized carbons (Fsp3) is 0.354. The highest BCUT2D eigenvalue weighted by Crippen LogP contribution is 2.41. The normalized spacial score (nSPS) is 13.9. The smallest absolute Gasteiger partial charge is 0.137 e. The van der Waals surface area contributed by atoms with Gasteiger partial charge in [0.05, 0.1) is 17.7 Å². The Hall–Kier alpha value is -5.03. The van der Waals surface area contributed by atoms with Crippen LogP contribution in [0.25, 0.3) is 27.6 Å². The fourth-order valence-electron chi connectivity index (χ4n) is 7.67. The molecule has 53 heavy (non-hydrogen) atoms. The van der Waals surface area contributed by atoms with Gasteiger partial charge < -0.3 is 14.5 Å². The van der Waals surface area contributed by atoms with Gasteiger partial charge >= 0.3 is 0 Å². The van der Waals surface area contributed by atoms with Gasteiger partial charge in [-0.2, -0.15) is 0 Å². The molecule has 0 saturated carbocycles. The molecule has 0 N–H and O–H groups in total. The van der Waals surface area contributed by atoms with E-state index in [1.54, 1.807) is 0 Å². The number of para-hydroxylation sites is 1. The summed E-state index contributed by atoms with van der Waals surface area (Å²) in [6.45, 7) is 23.6. The second kappa shape index (κ2) is 14.1. The van der Waals surface area contributed by atoms with Crippen molar-refractivity contribution in [2.45, 2.75) is 87.5 Å². The minimum Gasteiger partial charge on any atom is -0.457 e. The topological polar surface area (TPSA) is 33.5 Å². The Morgan fingerprint density at radius 1 is 0.642 bits per heavy atom. The summed E-state index contributed by atoms with van der Waals surface area (Å²) in [4.78, 5) is 9.73. The summed E-state index contributed by atoms with van der Waals surface area (Å²) in [6.07, 6.45) is 6.45. The molecule has 3 heterocycles. The third kappa shape index (κ3) is 7.71. The van der Waals surface area contributed by atoms with Crippen LogP contribution in [0.4, 0.5) is 11.4 Å². The van der Waals surface area contributed by atoms with Gasteiger partial charge in [0.2, 0.25) is 0 Å². The first-order valence-electron chi connectivity index (χ1n) is 19.3. The maximum Gasteiger partial charge on any atom is 0.137 e. The Balaban J connectivity index is 1.22. The zero-order valence-corrected chi connectivity index (χ0v) is 33.4. The largest absolute Gasteiger partial charge is 0.457 e. The predicted octanol–water partition coefficient (Wildman–Crippen LogP) is 12.8. The van der Waals surface area contributed by atoms with E-state index in [2.05, 4.69) is 187 Å². The molecule has 0 amide bonds. The number of hydrogen-bond donors (Lipinski definition) is 0. The third-order valence-corrected chi connectivity index (χ3v) is 10.1. The zero-order chi connectivity index (χ0) is 37.7. The number of benzene rings is 4. The molecule has 0 radical (unpaired) electrons. The van der Waals surface area contributed by atoms with Crippen LogP contribution in [0.3, 0.4) is 0 Å². The first kappa shape index (κ1) is 36.3. The van der Waals surface area contributed by atoms with Crippen LogP contribution in [0.1, 0.15) is 85.9 Å². The van der Waals surface area contributed by atoms with Crippen LogP contribution in [0.5, 0.6) is 11.5 Å². The summed E-state index contributed by atoms with van der Waals surface area (Å²) in [5.41, 5.74) is 9.91. The van der Waals surface area contributed by atoms with Crippen molar-refractivity contribution < 1.29 is 4.74 Å². The van der Waals surface area contributed by atoms with E-state index in [4.69, 9.17) is 9.72 Å². The average molecular weight is 705 g/mol. The zero-order valence-electron chi connectivity index (χ0n) is 33.4. The molecule has 0 saturated heterocycles. The van der Waals surface area contributed by atoms with Gasteiger partial charge in [0, 0.05) is 57.8 Å². The standard InChI is InChI=1S/C48H56N4O/c1-32(2)22-34-24-35(23-33(3)4)26-38(25-34)50-30-45(48(8,9)10)51(31-50)37-14-13-15-39(28-37)53-40-18-19-42-41-16-11-12-17-43(41)52(44(42)29-40)46-27-36(20-21-49-46)47(5,6)7/h11-21,24-30,32-33H,22-23,31H2,1-10H3. The lowest BCUT2D eigenvalue weighted by atomic mass is 9.88. The first-order valence-corrected chi connectivity index (χ1v) is 19.3. The van der Waals surface area contributed by atoms with E-state index in [0.29, 0.717) is 11.8 Å². The maximum atomic E-state index is 6.70. The van der Waals surface area contributed by atoms with Gasteiger partial charge in [-0.15, -0.1) is 0 Å². The Morgan fingerprint density at radius 3 is 2.00 bits per heavy atom. The molecule has 1 aliphatic rings. The van der Waals surface area contributed by atoms with Gasteiger partial charge in [0.15, 0.2) is 0 Å². The van der Waals surface area contributed by atoms with Crippen molar-refractivity contribution in [3.05, 3.63) is 132 Å². The van der Waals surface area contributed by atoms with Crippen molar-refractivity contribution in [2.24, 2.45) is 17.3 Å². The van der Waals surface area contributed by atoms with Gasteiger partial charge in [-0.1, -0.05) is 99.6 Å². The lowest BCUT2D eigenvalue weighted by molar-refractivity contribution is 0.481. The minimum atomic E-state index is -0.0569. The molecule has 0 atom stereocenters. The highest BCUT2D eigenvalue weighted by Gasteiger charge is 2.32. The van der Waals surface area contributed by atoms with Crippen molar-refractivity contribution in [3.63, 3.8) is 0 Å². The molecule has 7 rings (SSSR count). The van der Waals surface area contributed by atoms with Crippen molar-refractivity contribution in [1.29, 1.82) is 0 Å². The highest BCUT2D eigenvalue weighted by atomic mass is 16.5. The number of ether oxygens (including phenoxy) is 1. The second-order valence-corrected chi connectivity index (χ2v) is 17.8. The number of fused-ring (bicyclic) bond motifs is 3. The van der Waals surface area contributed by atoms with Gasteiger partial charge in [-0.05, 0) is 101 Å². The van der Waals surface area contributed by atoms with Crippen molar-refractivity contribution in [1.82, 2.24) is 9.55 Å². The third-order valence-electron chi connectivity index (χ3n) is 10.1. The average Bonchev–Trinajstić information content (AvgIpc) is 3.68. The van der Waals surface area contributed by atoms with Crippen LogP contribution in [-0.4, -0.2) is 16.2 Å². The molecule has 0 fully saturated rings. The summed E-state index contributed by atoms with van der Waals surface area (Å²) in [5, 5.41) is 2.38. The Morgan fingerprint density at radius 2 is 1.32 bits per heavy atom. The number of allylic oxidation sites excluding steroid dienone is 1. The second-order valence-electron chi connectivity index (χ2n) is 17.8. The Kier molecular flexibility index (Phi) is 9.65. The van der Waals surface area contributed by atoms with E-state index in [-0.39, 0.29) is 10.8 Å². The lowest BCUT2D eigenvalue weighted by Crippen LogP contribution is -2.30. The van der Waals surface area contributed by atoms with E-state index < -0.39 is 0 Å². The van der Waals surface area contributed by atoms with Crippen molar-refractivity contribution in [2.75, 3.05) is 16.5 Å². The van der Waals surface area contributed by atoms with Gasteiger partial charge in [0.1, 0.15) is 17.3 Å². The monoisotopic (exact) mass is 704 g/mol. The molecular weight excluding hydrogens is 649 g/mol. The van der Waals surface area contributed by atoms with Crippen LogP contribution in [0.15, 0.2) is 115 Å². The molecule has 0 unspecified atom stereocenters. The maximum absolute atomic E-state index is 6.70. The molecule has 274 valence electrons. The number of nitrogens with zero attached hydrogens (tertiary/aromatic N) is 4. The summed E-state index contributed by atoms with van der Waals surface area (Å²) in [5.74, 6) is 3.73. The lowest BCUT2D eigenvalue weighted by Gasteiger charge is -2.31. The molecule has 5 nitrogen and oxygen atoms in total. The number of hydrogen-bond acceptors (Lipinski definition) is 4. The quantitative estimate of drug-likeness (QED) is 0.150. The minimum absolute atomic E-state index is 0.0125. The van der Waals surface area contributed by atoms with E-state index in [9.17, 15) is 0 Å². The van der Waals surface area contributed by atoms with Crippen molar-refractivity contribution >= 4 is 33.2 Å². The summed E-state index contributed by atoms with van der Waals surface area (Å²) < 4.78 is 8.96. The SMILES string of the molecule is CC(C)Cc1cc(CC(C)C)cc(N2C=C(C(C)(C)C)N(c3cccc(Oc4ccc5c6ccccc6n(-c6cc(C(C)(C)C)ccn6)c5c4)c3)C2)c1. The van der Waals surface area contributed by atoms with E-state index in [1.807, 2.05) is 6.20 Å². The predicted molar refractivity (Wildman–Crippen MR) is 225 cm³/mol. The van der Waals surface area contributed by atoms with Crippen LogP contribution in [0, 0.1) is 17.3 Å². The summed E-state index contributed by atoms with van der Waals surface area (Å²) in [6, 6.07) is 35.1. The van der Waals surface area contributed by atoms with Crippen molar-refractivity contribution in [3.8, 4) is 17.3 Å². The molecule has 4 aromatic carbocycles. The number of rotatable bonds is 9. The molecule has 6 aromatic rings. The molecule has 5 heteroatoms. The number of pyridine rings is 1. The molecule has 0 spiro atoms. The van der Waals surface area contributed by atoms with Crippen LogP contribution < -0.4 is 14.5 Å². The molecule has 0 aliphatic carbocycles. The number of aromatic nitrogens is 2. The molecule has 1 aliphatic heterocycles. The van der Waals surface area contributed by atoms with Crippen LogP contribution in [0.2, 0.25) is 0 Å². The molecule has 2 aromatic heterocycles.